The molecule has 2 heteroatoms. The van der Waals surface area contributed by atoms with Crippen molar-refractivity contribution in [1.29, 1.82) is 0 Å². The maximum Gasteiger partial charge on any atom is 0.0213 e. The van der Waals surface area contributed by atoms with E-state index in [1.807, 2.05) is 11.8 Å². The molecule has 0 bridgehead atoms. The summed E-state index contributed by atoms with van der Waals surface area (Å²) in [6.45, 7) is 9.11. The normalized spacial score (nSPS) is 14.7. The van der Waals surface area contributed by atoms with Crippen molar-refractivity contribution in [2.75, 3.05) is 6.26 Å². The lowest BCUT2D eigenvalue weighted by Gasteiger charge is -2.19. The van der Waals surface area contributed by atoms with Crippen LogP contribution in [0.1, 0.15) is 63.5 Å². The SMILES string of the molecule is CCC(C)c1cc(SC)c(C(C)CC)cc1Br. The van der Waals surface area contributed by atoms with Gasteiger partial charge in [0.2, 0.25) is 0 Å². The fourth-order valence-corrected chi connectivity index (χ4v) is 3.46. The van der Waals surface area contributed by atoms with Gasteiger partial charge in [-0.25, -0.2) is 0 Å². The van der Waals surface area contributed by atoms with Gasteiger partial charge in [0.25, 0.3) is 0 Å². The Bertz CT molecular complexity index is 373. The van der Waals surface area contributed by atoms with Crippen LogP contribution >= 0.6 is 27.7 Å². The van der Waals surface area contributed by atoms with Crippen LogP contribution in [-0.2, 0) is 0 Å². The summed E-state index contributed by atoms with van der Waals surface area (Å²) in [6.07, 6.45) is 4.56. The van der Waals surface area contributed by atoms with E-state index in [1.54, 1.807) is 0 Å². The fourth-order valence-electron chi connectivity index (χ4n) is 1.96. The first-order chi connectivity index (χ1) is 8.04. The lowest BCUT2D eigenvalue weighted by molar-refractivity contribution is 0.703. The van der Waals surface area contributed by atoms with E-state index in [0.29, 0.717) is 11.8 Å². The molecule has 96 valence electrons. The van der Waals surface area contributed by atoms with E-state index in [2.05, 4.69) is 62.0 Å². The molecule has 1 aromatic carbocycles. The number of rotatable bonds is 5. The molecular weight excluding hydrogens is 292 g/mol. The van der Waals surface area contributed by atoms with Crippen LogP contribution in [0.3, 0.4) is 0 Å². The van der Waals surface area contributed by atoms with E-state index in [4.69, 9.17) is 0 Å². The molecule has 1 rings (SSSR count). The third-order valence-corrected chi connectivity index (χ3v) is 5.12. The van der Waals surface area contributed by atoms with Crippen molar-refractivity contribution < 1.29 is 0 Å². The first kappa shape index (κ1) is 15.1. The zero-order valence-electron chi connectivity index (χ0n) is 11.5. The predicted octanol–water partition coefficient (Wildman–Crippen LogP) is 6.20. The molecular formula is C15H23BrS. The Hall–Kier alpha value is 0.0500. The molecule has 0 aliphatic heterocycles. The summed E-state index contributed by atoms with van der Waals surface area (Å²) in [4.78, 5) is 1.44. The van der Waals surface area contributed by atoms with Crippen LogP contribution in [0, 0.1) is 0 Å². The van der Waals surface area contributed by atoms with E-state index < -0.39 is 0 Å². The third kappa shape index (κ3) is 3.51. The smallest absolute Gasteiger partial charge is 0.0213 e. The first-order valence-electron chi connectivity index (χ1n) is 6.42. The molecule has 0 heterocycles. The minimum absolute atomic E-state index is 0.626. The molecule has 0 amide bonds. The van der Waals surface area contributed by atoms with E-state index in [0.717, 1.165) is 0 Å². The summed E-state index contributed by atoms with van der Waals surface area (Å²) >= 11 is 5.61. The van der Waals surface area contributed by atoms with E-state index >= 15 is 0 Å². The van der Waals surface area contributed by atoms with Crippen molar-refractivity contribution in [2.24, 2.45) is 0 Å². The van der Waals surface area contributed by atoms with Crippen LogP contribution in [0.4, 0.5) is 0 Å². The molecule has 0 nitrogen and oxygen atoms in total. The maximum absolute atomic E-state index is 3.74. The van der Waals surface area contributed by atoms with E-state index in [-0.39, 0.29) is 0 Å². The lowest BCUT2D eigenvalue weighted by Crippen LogP contribution is -1.99. The Balaban J connectivity index is 3.24. The average molecular weight is 315 g/mol. The highest BCUT2D eigenvalue weighted by Gasteiger charge is 2.15. The van der Waals surface area contributed by atoms with Crippen molar-refractivity contribution in [3.05, 3.63) is 27.7 Å². The standard InChI is InChI=1S/C15H23BrS/c1-6-10(3)12-9-15(17-5)13(8-14(12)16)11(4)7-2/h8-11H,6-7H2,1-5H3. The molecule has 0 aliphatic carbocycles. The highest BCUT2D eigenvalue weighted by Crippen LogP contribution is 2.37. The number of benzene rings is 1. The molecule has 0 aromatic heterocycles. The zero-order chi connectivity index (χ0) is 13.0. The Kier molecular flexibility index (Phi) is 6.08. The van der Waals surface area contributed by atoms with Gasteiger partial charge in [0.15, 0.2) is 0 Å². The average Bonchev–Trinajstić information content (AvgIpc) is 2.36. The Morgan fingerprint density at radius 2 is 1.59 bits per heavy atom. The number of hydrogen-bond donors (Lipinski definition) is 0. The monoisotopic (exact) mass is 314 g/mol. The fraction of sp³-hybridized carbons (Fsp3) is 0.600. The topological polar surface area (TPSA) is 0 Å². The summed E-state index contributed by atoms with van der Waals surface area (Å²) in [7, 11) is 0. The van der Waals surface area contributed by atoms with Crippen LogP contribution in [-0.4, -0.2) is 6.26 Å². The second-order valence-electron chi connectivity index (χ2n) is 4.73. The minimum Gasteiger partial charge on any atom is -0.129 e. The van der Waals surface area contributed by atoms with Crippen LogP contribution in [0.5, 0.6) is 0 Å². The molecule has 0 spiro atoms. The second kappa shape index (κ2) is 6.84. The number of halogens is 1. The van der Waals surface area contributed by atoms with Gasteiger partial charge >= 0.3 is 0 Å². The third-order valence-electron chi connectivity index (χ3n) is 3.64. The lowest BCUT2D eigenvalue weighted by atomic mass is 9.93. The van der Waals surface area contributed by atoms with Gasteiger partial charge in [-0.05, 0) is 54.2 Å². The molecule has 1 aromatic rings. The highest BCUT2D eigenvalue weighted by molar-refractivity contribution is 9.10. The Morgan fingerprint density at radius 3 is 2.06 bits per heavy atom. The van der Waals surface area contributed by atoms with Gasteiger partial charge in [0, 0.05) is 9.37 Å². The molecule has 0 aliphatic rings. The van der Waals surface area contributed by atoms with Crippen LogP contribution < -0.4 is 0 Å². The Labute approximate surface area is 119 Å². The maximum atomic E-state index is 3.74. The molecule has 0 fully saturated rings. The van der Waals surface area contributed by atoms with Gasteiger partial charge in [-0.1, -0.05) is 43.6 Å². The zero-order valence-corrected chi connectivity index (χ0v) is 13.9. The predicted molar refractivity (Wildman–Crippen MR) is 83.3 cm³/mol. The summed E-state index contributed by atoms with van der Waals surface area (Å²) in [5.74, 6) is 1.26. The molecule has 0 N–H and O–H groups in total. The molecule has 0 saturated heterocycles. The molecule has 2 unspecified atom stereocenters. The van der Waals surface area contributed by atoms with Crippen molar-refractivity contribution in [3.8, 4) is 0 Å². The largest absolute Gasteiger partial charge is 0.129 e. The van der Waals surface area contributed by atoms with Gasteiger partial charge in [-0.3, -0.25) is 0 Å². The van der Waals surface area contributed by atoms with E-state index in [1.165, 1.54) is 33.3 Å². The van der Waals surface area contributed by atoms with Crippen molar-refractivity contribution in [1.82, 2.24) is 0 Å². The van der Waals surface area contributed by atoms with Crippen molar-refractivity contribution >= 4 is 27.7 Å². The molecule has 17 heavy (non-hydrogen) atoms. The number of thioether (sulfide) groups is 1. The summed E-state index contributed by atoms with van der Waals surface area (Å²) in [5, 5.41) is 0. The quantitative estimate of drug-likeness (QED) is 0.583. The van der Waals surface area contributed by atoms with Gasteiger partial charge in [0.1, 0.15) is 0 Å². The van der Waals surface area contributed by atoms with Crippen LogP contribution in [0.15, 0.2) is 21.5 Å². The van der Waals surface area contributed by atoms with Gasteiger partial charge < -0.3 is 0 Å². The molecule has 0 saturated carbocycles. The summed E-state index contributed by atoms with van der Waals surface area (Å²) in [5.41, 5.74) is 2.93. The van der Waals surface area contributed by atoms with E-state index in [9.17, 15) is 0 Å². The Morgan fingerprint density at radius 1 is 1.06 bits per heavy atom. The summed E-state index contributed by atoms with van der Waals surface area (Å²) < 4.78 is 1.28. The van der Waals surface area contributed by atoms with Crippen LogP contribution in [0.2, 0.25) is 0 Å². The van der Waals surface area contributed by atoms with Gasteiger partial charge in [-0.2, -0.15) is 0 Å². The molecule has 2 atom stereocenters. The highest BCUT2D eigenvalue weighted by atomic mass is 79.9. The first-order valence-corrected chi connectivity index (χ1v) is 8.44. The summed E-state index contributed by atoms with van der Waals surface area (Å²) in [6, 6.07) is 4.71. The van der Waals surface area contributed by atoms with Gasteiger partial charge in [-0.15, -0.1) is 11.8 Å². The molecule has 0 radical (unpaired) electrons. The van der Waals surface area contributed by atoms with Crippen molar-refractivity contribution in [3.63, 3.8) is 0 Å². The number of hydrogen-bond acceptors (Lipinski definition) is 1. The second-order valence-corrected chi connectivity index (χ2v) is 6.44. The van der Waals surface area contributed by atoms with Gasteiger partial charge in [0.05, 0.1) is 0 Å². The van der Waals surface area contributed by atoms with Crippen molar-refractivity contribution in [2.45, 2.75) is 57.3 Å². The minimum atomic E-state index is 0.626. The van der Waals surface area contributed by atoms with Crippen LogP contribution in [0.25, 0.3) is 0 Å².